The van der Waals surface area contributed by atoms with Gasteiger partial charge in [0.05, 0.1) is 5.56 Å². The minimum atomic E-state index is -0.445. The lowest BCUT2D eigenvalue weighted by Crippen LogP contribution is -2.50. The van der Waals surface area contributed by atoms with Crippen molar-refractivity contribution in [2.45, 2.75) is 44.6 Å². The van der Waals surface area contributed by atoms with E-state index in [0.717, 1.165) is 25.1 Å². The number of likely N-dealkylation sites (tertiary alicyclic amines) is 1. The lowest BCUT2D eigenvalue weighted by atomic mass is 9.78. The van der Waals surface area contributed by atoms with E-state index in [4.69, 9.17) is 4.74 Å². The van der Waals surface area contributed by atoms with E-state index >= 15 is 0 Å². The average Bonchev–Trinajstić information content (AvgIpc) is 3.26. The molecule has 2 atom stereocenters. The summed E-state index contributed by atoms with van der Waals surface area (Å²) in [5.41, 5.74) is 1.44. The zero-order valence-corrected chi connectivity index (χ0v) is 15.5. The quantitative estimate of drug-likeness (QED) is 0.773. The second-order valence-corrected chi connectivity index (χ2v) is 7.55. The van der Waals surface area contributed by atoms with Crippen LogP contribution in [0.2, 0.25) is 0 Å². The number of benzene rings is 1. The molecule has 2 fully saturated rings. The number of esters is 1. The van der Waals surface area contributed by atoms with Crippen molar-refractivity contribution in [2.24, 2.45) is 5.92 Å². The smallest absolute Gasteiger partial charge is 0.338 e. The van der Waals surface area contributed by atoms with Gasteiger partial charge in [-0.3, -0.25) is 4.79 Å². The molecule has 1 saturated carbocycles. The van der Waals surface area contributed by atoms with Crippen molar-refractivity contribution < 1.29 is 14.3 Å². The molecule has 5 nitrogen and oxygen atoms in total. The SMILES string of the molecule is O=C(OCC(=O)N1CCC[C@@H]2CCCC[C@H]21)c1ccc(-n2cccc2)cc1. The van der Waals surface area contributed by atoms with E-state index < -0.39 is 5.97 Å². The summed E-state index contributed by atoms with van der Waals surface area (Å²) in [5, 5.41) is 0. The Kier molecular flexibility index (Phi) is 5.28. The standard InChI is InChI=1S/C22H26N2O3/c25-21(24-15-5-7-17-6-1-2-8-20(17)24)16-27-22(26)18-9-11-19(12-10-18)23-13-3-4-14-23/h3-4,9-14,17,20H,1-2,5-8,15-16H2/t17-,20+/m0/s1. The van der Waals surface area contributed by atoms with Gasteiger partial charge in [0, 0.05) is 30.7 Å². The highest BCUT2D eigenvalue weighted by molar-refractivity contribution is 5.91. The second-order valence-electron chi connectivity index (χ2n) is 7.55. The van der Waals surface area contributed by atoms with Crippen LogP contribution in [0, 0.1) is 5.92 Å². The molecule has 2 heterocycles. The average molecular weight is 366 g/mol. The highest BCUT2D eigenvalue weighted by Crippen LogP contribution is 2.35. The topological polar surface area (TPSA) is 51.5 Å². The Balaban J connectivity index is 1.34. The largest absolute Gasteiger partial charge is 0.452 e. The molecule has 0 unspecified atom stereocenters. The van der Waals surface area contributed by atoms with E-state index in [1.165, 1.54) is 25.7 Å². The molecule has 0 bridgehead atoms. The van der Waals surface area contributed by atoms with Crippen molar-refractivity contribution in [1.29, 1.82) is 0 Å². The summed E-state index contributed by atoms with van der Waals surface area (Å²) in [6.45, 7) is 0.629. The molecule has 2 aliphatic rings. The van der Waals surface area contributed by atoms with Crippen LogP contribution in [0.3, 0.4) is 0 Å². The molecule has 142 valence electrons. The number of nitrogens with zero attached hydrogens (tertiary/aromatic N) is 2. The van der Waals surface area contributed by atoms with E-state index in [-0.39, 0.29) is 12.5 Å². The lowest BCUT2D eigenvalue weighted by molar-refractivity contribution is -0.140. The van der Waals surface area contributed by atoms with E-state index in [1.54, 1.807) is 12.1 Å². The monoisotopic (exact) mass is 366 g/mol. The highest BCUT2D eigenvalue weighted by Gasteiger charge is 2.35. The first-order valence-corrected chi connectivity index (χ1v) is 9.92. The summed E-state index contributed by atoms with van der Waals surface area (Å²) in [7, 11) is 0. The molecule has 0 spiro atoms. The number of aromatic nitrogens is 1. The van der Waals surface area contributed by atoms with Gasteiger partial charge in [0.15, 0.2) is 6.61 Å². The van der Waals surface area contributed by atoms with Gasteiger partial charge in [0.2, 0.25) is 0 Å². The predicted molar refractivity (Wildman–Crippen MR) is 103 cm³/mol. The van der Waals surface area contributed by atoms with Crippen LogP contribution < -0.4 is 0 Å². The Morgan fingerprint density at radius 3 is 2.44 bits per heavy atom. The molecule has 0 N–H and O–H groups in total. The minimum Gasteiger partial charge on any atom is -0.452 e. The second kappa shape index (κ2) is 7.99. The van der Waals surface area contributed by atoms with Crippen molar-refractivity contribution in [3.63, 3.8) is 0 Å². The third kappa shape index (κ3) is 3.92. The third-order valence-electron chi connectivity index (χ3n) is 5.90. The fraction of sp³-hybridized carbons (Fsp3) is 0.455. The van der Waals surface area contributed by atoms with Crippen LogP contribution in [0.1, 0.15) is 48.9 Å². The molecule has 27 heavy (non-hydrogen) atoms. The Morgan fingerprint density at radius 1 is 0.963 bits per heavy atom. The minimum absolute atomic E-state index is 0.0519. The summed E-state index contributed by atoms with van der Waals surface area (Å²) in [6, 6.07) is 11.5. The van der Waals surface area contributed by atoms with Crippen molar-refractivity contribution in [2.75, 3.05) is 13.2 Å². The predicted octanol–water partition coefficient (Wildman–Crippen LogP) is 3.82. The van der Waals surface area contributed by atoms with Crippen LogP contribution in [-0.4, -0.2) is 40.5 Å². The molecular weight excluding hydrogens is 340 g/mol. The van der Waals surface area contributed by atoms with E-state index in [1.807, 2.05) is 46.1 Å². The highest BCUT2D eigenvalue weighted by atomic mass is 16.5. The van der Waals surface area contributed by atoms with Gasteiger partial charge in [-0.05, 0) is 68.0 Å². The molecule has 1 aliphatic carbocycles. The summed E-state index contributed by atoms with van der Waals surface area (Å²) in [4.78, 5) is 26.9. The van der Waals surface area contributed by atoms with Crippen molar-refractivity contribution in [1.82, 2.24) is 9.47 Å². The molecule has 0 radical (unpaired) electrons. The molecule has 5 heteroatoms. The van der Waals surface area contributed by atoms with Crippen molar-refractivity contribution >= 4 is 11.9 Å². The molecule has 1 aromatic heterocycles. The first kappa shape index (κ1) is 17.8. The van der Waals surface area contributed by atoms with Gasteiger partial charge < -0.3 is 14.2 Å². The van der Waals surface area contributed by atoms with E-state index in [9.17, 15) is 9.59 Å². The van der Waals surface area contributed by atoms with E-state index in [2.05, 4.69) is 0 Å². The lowest BCUT2D eigenvalue weighted by Gasteiger charge is -2.44. The van der Waals surface area contributed by atoms with Crippen LogP contribution in [0.25, 0.3) is 5.69 Å². The summed E-state index contributed by atoms with van der Waals surface area (Å²) in [5.74, 6) is 0.136. The Bertz CT molecular complexity index is 780. The molecular formula is C22H26N2O3. The maximum absolute atomic E-state index is 12.6. The number of ether oxygens (including phenoxy) is 1. The van der Waals surface area contributed by atoms with Crippen LogP contribution in [0.4, 0.5) is 0 Å². The molecule has 2 aromatic rings. The Hall–Kier alpha value is -2.56. The van der Waals surface area contributed by atoms with Crippen molar-refractivity contribution in [3.05, 3.63) is 54.4 Å². The molecule has 1 aromatic carbocycles. The Morgan fingerprint density at radius 2 is 1.67 bits per heavy atom. The van der Waals surface area contributed by atoms with Gasteiger partial charge in [-0.25, -0.2) is 4.79 Å². The van der Waals surface area contributed by atoms with Crippen molar-refractivity contribution in [3.8, 4) is 5.69 Å². The molecule has 4 rings (SSSR count). The van der Waals surface area contributed by atoms with Crippen LogP contribution >= 0.6 is 0 Å². The first-order valence-electron chi connectivity index (χ1n) is 9.92. The number of fused-ring (bicyclic) bond motifs is 1. The maximum Gasteiger partial charge on any atom is 0.338 e. The number of hydrogen-bond donors (Lipinski definition) is 0. The molecule has 1 amide bonds. The first-order chi connectivity index (χ1) is 13.2. The summed E-state index contributed by atoms with van der Waals surface area (Å²) < 4.78 is 7.28. The summed E-state index contributed by atoms with van der Waals surface area (Å²) in [6.07, 6.45) is 11.0. The van der Waals surface area contributed by atoms with Gasteiger partial charge >= 0.3 is 5.97 Å². The molecule has 1 saturated heterocycles. The number of hydrogen-bond acceptors (Lipinski definition) is 3. The zero-order chi connectivity index (χ0) is 18.6. The normalized spacial score (nSPS) is 22.1. The molecule has 1 aliphatic heterocycles. The van der Waals surface area contributed by atoms with Crippen LogP contribution in [-0.2, 0) is 9.53 Å². The Labute approximate surface area is 159 Å². The number of piperidine rings is 1. The van der Waals surface area contributed by atoms with E-state index in [0.29, 0.717) is 17.5 Å². The van der Waals surface area contributed by atoms with Gasteiger partial charge in [-0.1, -0.05) is 12.8 Å². The zero-order valence-electron chi connectivity index (χ0n) is 15.5. The van der Waals surface area contributed by atoms with Gasteiger partial charge in [0.1, 0.15) is 0 Å². The van der Waals surface area contributed by atoms with Gasteiger partial charge in [0.25, 0.3) is 5.91 Å². The van der Waals surface area contributed by atoms with Crippen LogP contribution in [0.5, 0.6) is 0 Å². The number of amides is 1. The maximum atomic E-state index is 12.6. The summed E-state index contributed by atoms with van der Waals surface area (Å²) >= 11 is 0. The van der Waals surface area contributed by atoms with Gasteiger partial charge in [-0.2, -0.15) is 0 Å². The fourth-order valence-corrected chi connectivity index (χ4v) is 4.50. The van der Waals surface area contributed by atoms with Crippen LogP contribution in [0.15, 0.2) is 48.8 Å². The third-order valence-corrected chi connectivity index (χ3v) is 5.90. The van der Waals surface area contributed by atoms with Gasteiger partial charge in [-0.15, -0.1) is 0 Å². The number of rotatable bonds is 4. The number of carbonyl (C=O) groups is 2. The fourth-order valence-electron chi connectivity index (χ4n) is 4.50. The number of carbonyl (C=O) groups excluding carboxylic acids is 2.